The van der Waals surface area contributed by atoms with Gasteiger partial charge >= 0.3 is 0 Å². The SMILES string of the molecule is Bc1c(B)c(B)c(-c2nc(-c3c(B)c(B)c(B)c(B)c3B)nc(-n3c4c(B)c(B)c(B)c(B)c4c4c(B)c(B)c5c6c(B)c(B)c(B)c(B)c6n(-c6c(B)c(B)c(B)c(B)c6B)c5c43)n2)c(B)c1B. The van der Waals surface area contributed by atoms with E-state index in [-0.39, 0.29) is 0 Å². The van der Waals surface area contributed by atoms with Gasteiger partial charge in [-0.3, -0.25) is 4.57 Å². The van der Waals surface area contributed by atoms with Crippen molar-refractivity contribution in [2.45, 2.75) is 0 Å². The fourth-order valence-corrected chi connectivity index (χ4v) is 12.6. The molecule has 0 bridgehead atoms. The van der Waals surface area contributed by atoms with Gasteiger partial charge in [-0.1, -0.05) is 87.4 Å². The zero-order valence-corrected chi connectivity index (χ0v) is 46.7. The number of fused-ring (bicyclic) bond motifs is 7. The topological polar surface area (TPSA) is 48.5 Å². The van der Waals surface area contributed by atoms with Crippen LogP contribution < -0.4 is 137 Å². The molecule has 30 heteroatoms. The van der Waals surface area contributed by atoms with Gasteiger partial charge in [-0.2, -0.15) is 9.97 Å². The highest BCUT2D eigenvalue weighted by Crippen LogP contribution is 2.37. The summed E-state index contributed by atoms with van der Waals surface area (Å²) in [4.78, 5) is 17.3. The molecule has 0 radical (unpaired) electrons. The molecule has 0 aliphatic rings. The first kappa shape index (κ1) is 49.5. The summed E-state index contributed by atoms with van der Waals surface area (Å²) in [5.74, 6) is 2.08. The van der Waals surface area contributed by atoms with Crippen molar-refractivity contribution in [1.29, 1.82) is 0 Å². The number of aromatic nitrogens is 5. The molecule has 0 aliphatic heterocycles. The third-order valence-electron chi connectivity index (χ3n) is 19.2. The van der Waals surface area contributed by atoms with E-state index in [1.54, 1.807) is 0 Å². The Bertz CT molecular complexity index is 3740. The van der Waals surface area contributed by atoms with E-state index in [4.69, 9.17) is 15.0 Å². The van der Waals surface area contributed by atoms with E-state index in [1.165, 1.54) is 180 Å². The van der Waals surface area contributed by atoms with Gasteiger partial charge in [0.15, 0.2) is 11.6 Å². The van der Waals surface area contributed by atoms with Crippen molar-refractivity contribution in [2.24, 2.45) is 0 Å². The quantitative estimate of drug-likeness (QED) is 0.166. The first-order valence-corrected chi connectivity index (χ1v) is 25.2. The summed E-state index contributed by atoms with van der Waals surface area (Å²) in [7, 11) is 57.5. The molecule has 0 atom stereocenters. The maximum absolute atomic E-state index is 5.84. The summed E-state index contributed by atoms with van der Waals surface area (Å²) < 4.78 is 5.20. The Morgan fingerprint density at radius 1 is 0.203 bits per heavy atom. The van der Waals surface area contributed by atoms with Crippen LogP contribution >= 0.6 is 0 Å². The molecule has 0 N–H and O–H groups in total. The molecule has 0 spiro atoms. The maximum atomic E-state index is 5.84. The summed E-state index contributed by atoms with van der Waals surface area (Å²) in [5.41, 5.74) is 40.8. The summed E-state index contributed by atoms with van der Waals surface area (Å²) >= 11 is 0. The lowest BCUT2D eigenvalue weighted by molar-refractivity contribution is 0.958. The standard InChI is InChI=1S/C39H50B25N5/c40-7-3-1-9(42)15(48)24(57)28(61)32(1)68(36-30(63)26(59)23(56)27(60)31(36)64)34(3)35-4(8(7)41)2-10(43)16(49)25(58)29(62)33(2)69(35)39-66-37(5-11(44)17(50)21(54)18(51)12(5)45)65-38(67-39)6-13(46)19(52)22(55)20(53)14(6)47/h40-64H2. The molecular weight excluding hydrogens is 809 g/mol. The van der Waals surface area contributed by atoms with Gasteiger partial charge in [0.05, 0.1) is 11.0 Å². The zero-order valence-electron chi connectivity index (χ0n) is 46.7. The van der Waals surface area contributed by atoms with E-state index >= 15 is 0 Å². The molecule has 3 heterocycles. The maximum Gasteiger partial charge on any atom is 0.238 e. The predicted molar refractivity (Wildman–Crippen MR) is 384 cm³/mol. The molecule has 5 nitrogen and oxygen atoms in total. The van der Waals surface area contributed by atoms with Gasteiger partial charge in [0.2, 0.25) is 5.95 Å². The lowest BCUT2D eigenvalue weighted by Crippen LogP contribution is -2.56. The van der Waals surface area contributed by atoms with Gasteiger partial charge in [0.1, 0.15) is 196 Å². The molecule has 9 rings (SSSR count). The average molecular weight is 859 g/mol. The molecule has 3 aromatic heterocycles. The van der Waals surface area contributed by atoms with Crippen molar-refractivity contribution in [3.63, 3.8) is 0 Å². The highest BCUT2D eigenvalue weighted by atomic mass is 15.2. The van der Waals surface area contributed by atoms with E-state index < -0.39 is 0 Å². The average Bonchev–Trinajstić information content (AvgIpc) is 3.86. The Morgan fingerprint density at radius 2 is 0.435 bits per heavy atom. The normalized spacial score (nSPS) is 11.8. The number of nitrogens with zero attached hydrogens (tertiary/aromatic N) is 5. The van der Waals surface area contributed by atoms with Crippen LogP contribution in [-0.2, 0) is 0 Å². The Morgan fingerprint density at radius 3 is 0.783 bits per heavy atom. The molecule has 0 saturated carbocycles. The predicted octanol–water partition coefficient (Wildman–Crippen LogP) is -34.1. The second kappa shape index (κ2) is 16.8. The third kappa shape index (κ3) is 6.56. The number of benzene rings is 6. The van der Waals surface area contributed by atoms with Crippen molar-refractivity contribution in [1.82, 2.24) is 24.1 Å². The molecule has 0 saturated heterocycles. The van der Waals surface area contributed by atoms with Gasteiger partial charge in [0, 0.05) is 38.6 Å². The van der Waals surface area contributed by atoms with Crippen molar-refractivity contribution in [3.8, 4) is 34.4 Å². The smallest absolute Gasteiger partial charge is 0.238 e. The van der Waals surface area contributed by atoms with Crippen LogP contribution in [0.3, 0.4) is 0 Å². The largest absolute Gasteiger partial charge is 0.309 e. The van der Waals surface area contributed by atoms with Crippen LogP contribution in [0.2, 0.25) is 0 Å². The lowest BCUT2D eigenvalue weighted by Gasteiger charge is -2.24. The molecule has 9 aromatic rings. The highest BCUT2D eigenvalue weighted by molar-refractivity contribution is 6.74. The molecule has 6 aromatic carbocycles. The molecule has 69 heavy (non-hydrogen) atoms. The van der Waals surface area contributed by atoms with Gasteiger partial charge in [-0.05, 0) is 10.8 Å². The van der Waals surface area contributed by atoms with E-state index in [0.717, 1.165) is 16.6 Å². The van der Waals surface area contributed by atoms with Gasteiger partial charge < -0.3 is 4.57 Å². The fraction of sp³-hybridized carbons (Fsp3) is 0. The third-order valence-corrected chi connectivity index (χ3v) is 19.2. The minimum atomic E-state index is 0.650. The molecule has 0 unspecified atom stereocenters. The minimum Gasteiger partial charge on any atom is -0.309 e. The van der Waals surface area contributed by atoms with Crippen LogP contribution in [-0.4, -0.2) is 220 Å². The van der Waals surface area contributed by atoms with E-state index in [1.807, 2.05) is 0 Å². The van der Waals surface area contributed by atoms with E-state index in [9.17, 15) is 0 Å². The number of hydrogen-bond donors (Lipinski definition) is 0. The summed E-state index contributed by atoms with van der Waals surface area (Å²) in [5, 5.41) is 5.20. The van der Waals surface area contributed by atoms with Crippen LogP contribution in [0.4, 0.5) is 0 Å². The molecule has 0 amide bonds. The molecule has 0 fully saturated rings. The molecule has 306 valence electrons. The summed E-state index contributed by atoms with van der Waals surface area (Å²) in [6.07, 6.45) is 0. The first-order valence-electron chi connectivity index (χ1n) is 25.2. The van der Waals surface area contributed by atoms with Crippen LogP contribution in [0.25, 0.3) is 78.0 Å². The first-order chi connectivity index (χ1) is 32.2. The van der Waals surface area contributed by atoms with Gasteiger partial charge in [-0.15, -0.1) is 49.2 Å². The van der Waals surface area contributed by atoms with Crippen molar-refractivity contribution < 1.29 is 0 Å². The highest BCUT2D eigenvalue weighted by Gasteiger charge is 2.32. The summed E-state index contributed by atoms with van der Waals surface area (Å²) in [6, 6.07) is 0. The Hall–Kier alpha value is -4.45. The van der Waals surface area contributed by atoms with E-state index in [0.29, 0.717) is 17.6 Å². The van der Waals surface area contributed by atoms with Gasteiger partial charge in [-0.25, -0.2) is 4.98 Å². The Labute approximate surface area is 432 Å². The van der Waals surface area contributed by atoms with Crippen LogP contribution in [0.5, 0.6) is 0 Å². The Kier molecular flexibility index (Phi) is 12.1. The van der Waals surface area contributed by atoms with Crippen LogP contribution in [0, 0.1) is 0 Å². The second-order valence-corrected chi connectivity index (χ2v) is 21.6. The van der Waals surface area contributed by atoms with E-state index in [2.05, 4.69) is 205 Å². The van der Waals surface area contributed by atoms with Gasteiger partial charge in [0.25, 0.3) is 0 Å². The van der Waals surface area contributed by atoms with Crippen molar-refractivity contribution in [3.05, 3.63) is 0 Å². The second-order valence-electron chi connectivity index (χ2n) is 21.6. The molecular formula is C39H50B25N5. The number of rotatable bonds is 4. The Balaban J connectivity index is 1.68. The monoisotopic (exact) mass is 864 g/mol. The molecule has 0 aliphatic carbocycles. The summed E-state index contributed by atoms with van der Waals surface area (Å²) in [6.45, 7) is 0. The van der Waals surface area contributed by atoms with Crippen molar-refractivity contribution in [2.75, 3.05) is 0 Å². The van der Waals surface area contributed by atoms with Crippen LogP contribution in [0.15, 0.2) is 0 Å². The fourth-order valence-electron chi connectivity index (χ4n) is 12.6. The lowest BCUT2D eigenvalue weighted by atomic mass is 9.60. The van der Waals surface area contributed by atoms with Crippen molar-refractivity contribution >= 4 is 376 Å². The zero-order chi connectivity index (χ0) is 50.8. The van der Waals surface area contributed by atoms with Crippen LogP contribution in [0.1, 0.15) is 0 Å². The number of hydrogen-bond acceptors (Lipinski definition) is 3. The minimum absolute atomic E-state index is 0.650.